The fourth-order valence-electron chi connectivity index (χ4n) is 2.65. The van der Waals surface area contributed by atoms with Crippen LogP contribution in [0.5, 0.6) is 0 Å². The molecule has 1 amide bonds. The van der Waals surface area contributed by atoms with Crippen LogP contribution in [0.25, 0.3) is 0 Å². The van der Waals surface area contributed by atoms with Crippen molar-refractivity contribution in [3.8, 4) is 0 Å². The predicted octanol–water partition coefficient (Wildman–Crippen LogP) is 0.324. The molecule has 0 radical (unpaired) electrons. The molecule has 0 saturated carbocycles. The van der Waals surface area contributed by atoms with Gasteiger partial charge in [0.25, 0.3) is 0 Å². The van der Waals surface area contributed by atoms with E-state index in [4.69, 9.17) is 0 Å². The Bertz CT molecular complexity index is 544. The molecule has 0 unspecified atom stereocenters. The van der Waals surface area contributed by atoms with Gasteiger partial charge in [0.2, 0.25) is 5.91 Å². The van der Waals surface area contributed by atoms with E-state index in [1.807, 2.05) is 6.92 Å². The predicted molar refractivity (Wildman–Crippen MR) is 83.0 cm³/mol. The Morgan fingerprint density at radius 2 is 1.96 bits per heavy atom. The van der Waals surface area contributed by atoms with Crippen LogP contribution in [-0.2, 0) is 11.2 Å². The molecule has 1 aliphatic heterocycles. The second kappa shape index (κ2) is 7.33. The zero-order valence-electron chi connectivity index (χ0n) is 13.3. The monoisotopic (exact) mass is 327 g/mol. The third-order valence-electron chi connectivity index (χ3n) is 4.00. The van der Waals surface area contributed by atoms with Gasteiger partial charge in [-0.2, -0.15) is 0 Å². The van der Waals surface area contributed by atoms with Crippen LogP contribution < -0.4 is 16.0 Å². The lowest BCUT2D eigenvalue weighted by Crippen LogP contribution is -2.67. The van der Waals surface area contributed by atoms with E-state index in [0.717, 1.165) is 19.2 Å². The van der Waals surface area contributed by atoms with E-state index >= 15 is 0 Å². The summed E-state index contributed by atoms with van der Waals surface area (Å²) in [5, 5.41) is 19.4. The third kappa shape index (κ3) is 5.23. The highest BCUT2D eigenvalue weighted by Crippen LogP contribution is 2.13. The third-order valence-corrected chi connectivity index (χ3v) is 4.00. The molecule has 1 aromatic carbocycles. The summed E-state index contributed by atoms with van der Waals surface area (Å²) in [4.78, 5) is 11.4. The number of nitrogens with one attached hydrogen (secondary N) is 3. The second-order valence-corrected chi connectivity index (χ2v) is 6.40. The Kier molecular flexibility index (Phi) is 5.67. The maximum atomic E-state index is 13.3. The topological polar surface area (TPSA) is 73.4 Å². The average Bonchev–Trinajstić information content (AvgIpc) is 2.40. The number of β-amino-alcohol motifs (C(OH)–C–C–N with tert-alkyl or cyclic N) is 1. The number of hydrogen-bond acceptors (Lipinski definition) is 4. The van der Waals surface area contributed by atoms with Crippen LogP contribution >= 0.6 is 0 Å². The van der Waals surface area contributed by atoms with Gasteiger partial charge in [0.15, 0.2) is 0 Å². The highest BCUT2D eigenvalue weighted by Gasteiger charge is 2.32. The summed E-state index contributed by atoms with van der Waals surface area (Å²) in [7, 11) is 0. The van der Waals surface area contributed by atoms with Gasteiger partial charge >= 0.3 is 0 Å². The maximum Gasteiger partial charge on any atom is 0.217 e. The highest BCUT2D eigenvalue weighted by molar-refractivity contribution is 5.73. The van der Waals surface area contributed by atoms with Gasteiger partial charge in [-0.1, -0.05) is 0 Å². The van der Waals surface area contributed by atoms with E-state index in [0.29, 0.717) is 5.56 Å². The number of carbonyl (C=O) groups excluding carboxylic acids is 1. The molecular formula is C16H23F2N3O2. The molecule has 128 valence electrons. The Balaban J connectivity index is 2.01. The molecule has 1 saturated heterocycles. The molecule has 0 bridgehead atoms. The normalized spacial score (nSPS) is 18.8. The van der Waals surface area contributed by atoms with Crippen LogP contribution in [0.1, 0.15) is 19.4 Å². The number of hydrogen-bond donors (Lipinski definition) is 4. The smallest absolute Gasteiger partial charge is 0.217 e. The summed E-state index contributed by atoms with van der Waals surface area (Å²) in [6.07, 6.45) is -0.728. The van der Waals surface area contributed by atoms with Gasteiger partial charge in [-0.15, -0.1) is 0 Å². The van der Waals surface area contributed by atoms with Crippen molar-refractivity contribution in [1.29, 1.82) is 0 Å². The van der Waals surface area contributed by atoms with Gasteiger partial charge in [0.05, 0.1) is 12.1 Å². The molecule has 7 heteroatoms. The molecule has 0 aromatic heterocycles. The Morgan fingerprint density at radius 1 is 1.35 bits per heavy atom. The van der Waals surface area contributed by atoms with E-state index in [9.17, 15) is 18.7 Å². The van der Waals surface area contributed by atoms with E-state index < -0.39 is 23.8 Å². The largest absolute Gasteiger partial charge is 0.390 e. The molecule has 1 heterocycles. The molecule has 2 atom stereocenters. The van der Waals surface area contributed by atoms with Crippen LogP contribution in [0.3, 0.4) is 0 Å². The van der Waals surface area contributed by atoms with Crippen molar-refractivity contribution in [2.75, 3.05) is 19.6 Å². The standard InChI is InChI=1S/C16H23F2N3O2/c1-10(22)21-14(5-11-3-12(17)6-13(18)4-11)15(23)7-20-16(2)8-19-9-16/h3-4,6,14-15,19-20,23H,5,7-9H2,1-2H3,(H,21,22)/t14-,15+/m0/s1. The van der Waals surface area contributed by atoms with Crippen molar-refractivity contribution in [3.63, 3.8) is 0 Å². The number of aliphatic hydroxyl groups excluding tert-OH is 1. The molecule has 1 aliphatic rings. The zero-order valence-corrected chi connectivity index (χ0v) is 13.3. The first-order valence-corrected chi connectivity index (χ1v) is 7.63. The number of aliphatic hydroxyl groups is 1. The van der Waals surface area contributed by atoms with Crippen molar-refractivity contribution in [3.05, 3.63) is 35.4 Å². The van der Waals surface area contributed by atoms with Crippen molar-refractivity contribution < 1.29 is 18.7 Å². The molecule has 1 aromatic rings. The molecule has 1 fully saturated rings. The summed E-state index contributed by atoms with van der Waals surface area (Å²) in [5.74, 6) is -1.66. The number of carbonyl (C=O) groups is 1. The number of rotatable bonds is 7. The van der Waals surface area contributed by atoms with Crippen LogP contribution in [0.2, 0.25) is 0 Å². The Hall–Kier alpha value is -1.57. The SMILES string of the molecule is CC(=O)N[C@@H](Cc1cc(F)cc(F)c1)[C@H](O)CNC1(C)CNC1. The molecule has 0 aliphatic carbocycles. The molecular weight excluding hydrogens is 304 g/mol. The maximum absolute atomic E-state index is 13.3. The van der Waals surface area contributed by atoms with Crippen LogP contribution in [0.4, 0.5) is 8.78 Å². The first-order chi connectivity index (χ1) is 10.8. The molecule has 2 rings (SSSR count). The fraction of sp³-hybridized carbons (Fsp3) is 0.562. The van der Waals surface area contributed by atoms with Gasteiger partial charge in [0.1, 0.15) is 11.6 Å². The summed E-state index contributed by atoms with van der Waals surface area (Å²) >= 11 is 0. The Morgan fingerprint density at radius 3 is 2.43 bits per heavy atom. The van der Waals surface area contributed by atoms with Crippen molar-refractivity contribution in [1.82, 2.24) is 16.0 Å². The minimum absolute atomic E-state index is 0.0767. The number of halogens is 2. The van der Waals surface area contributed by atoms with Gasteiger partial charge in [-0.25, -0.2) is 8.78 Å². The summed E-state index contributed by atoms with van der Waals surface area (Å²) < 4.78 is 26.6. The summed E-state index contributed by atoms with van der Waals surface area (Å²) in [5.41, 5.74) is 0.309. The van der Waals surface area contributed by atoms with Gasteiger partial charge in [-0.3, -0.25) is 4.79 Å². The lowest BCUT2D eigenvalue weighted by atomic mass is 9.94. The van der Waals surface area contributed by atoms with Crippen molar-refractivity contribution in [2.24, 2.45) is 0 Å². The van der Waals surface area contributed by atoms with Crippen molar-refractivity contribution in [2.45, 2.75) is 38.0 Å². The summed E-state index contributed by atoms with van der Waals surface area (Å²) in [6.45, 7) is 5.27. The van der Waals surface area contributed by atoms with Crippen LogP contribution in [0, 0.1) is 11.6 Å². The average molecular weight is 327 g/mol. The molecule has 23 heavy (non-hydrogen) atoms. The lowest BCUT2D eigenvalue weighted by Gasteiger charge is -2.41. The number of amides is 1. The van der Waals surface area contributed by atoms with Gasteiger partial charge in [0, 0.05) is 38.2 Å². The van der Waals surface area contributed by atoms with Crippen LogP contribution in [-0.4, -0.2) is 48.3 Å². The lowest BCUT2D eigenvalue weighted by molar-refractivity contribution is -0.120. The highest BCUT2D eigenvalue weighted by atomic mass is 19.1. The molecule has 0 spiro atoms. The van der Waals surface area contributed by atoms with Gasteiger partial charge in [-0.05, 0) is 31.0 Å². The quantitative estimate of drug-likeness (QED) is 0.582. The van der Waals surface area contributed by atoms with Crippen LogP contribution in [0.15, 0.2) is 18.2 Å². The first-order valence-electron chi connectivity index (χ1n) is 7.63. The second-order valence-electron chi connectivity index (χ2n) is 6.40. The van der Waals surface area contributed by atoms with E-state index in [-0.39, 0.29) is 24.4 Å². The Labute approximate surface area is 134 Å². The van der Waals surface area contributed by atoms with E-state index in [1.165, 1.54) is 19.1 Å². The summed E-state index contributed by atoms with van der Waals surface area (Å²) in [6, 6.07) is 2.57. The van der Waals surface area contributed by atoms with Gasteiger partial charge < -0.3 is 21.1 Å². The van der Waals surface area contributed by atoms with E-state index in [2.05, 4.69) is 16.0 Å². The zero-order chi connectivity index (χ0) is 17.0. The first kappa shape index (κ1) is 17.8. The van der Waals surface area contributed by atoms with Crippen molar-refractivity contribution >= 4 is 5.91 Å². The molecule has 4 N–H and O–H groups in total. The number of benzene rings is 1. The van der Waals surface area contributed by atoms with E-state index in [1.54, 1.807) is 0 Å². The fourth-order valence-corrected chi connectivity index (χ4v) is 2.65. The minimum atomic E-state index is -0.873. The molecule has 5 nitrogen and oxygen atoms in total. The minimum Gasteiger partial charge on any atom is -0.390 e.